The fraction of sp³-hybridized carbons (Fsp3) is 0.167. The van der Waals surface area contributed by atoms with Crippen molar-refractivity contribution in [3.63, 3.8) is 0 Å². The van der Waals surface area contributed by atoms with Gasteiger partial charge in [0.05, 0.1) is 6.10 Å². The number of aliphatic hydroxyl groups is 1. The number of pyridine rings is 1. The van der Waals surface area contributed by atoms with E-state index >= 15 is 0 Å². The van der Waals surface area contributed by atoms with E-state index in [4.69, 9.17) is 11.5 Å². The number of aliphatic hydroxyl groups excluding tert-OH is 1. The van der Waals surface area contributed by atoms with Crippen LogP contribution in [0.4, 0.5) is 5.69 Å². The van der Waals surface area contributed by atoms with Gasteiger partial charge in [0, 0.05) is 23.0 Å². The Hall–Kier alpha value is -3.37. The van der Waals surface area contributed by atoms with Crippen LogP contribution in [0.15, 0.2) is 42.6 Å². The summed E-state index contributed by atoms with van der Waals surface area (Å²) in [5.41, 5.74) is 12.9. The number of primary amides is 1. The molecule has 0 saturated heterocycles. The summed E-state index contributed by atoms with van der Waals surface area (Å²) in [5, 5.41) is 11.8. The molecule has 2 aromatic rings. The largest absolute Gasteiger partial charge is 0.399 e. The molecule has 2 amide bonds. The van der Waals surface area contributed by atoms with Crippen LogP contribution in [-0.2, 0) is 4.79 Å². The second kappa shape index (κ2) is 7.95. The Morgan fingerprint density at radius 2 is 1.72 bits per heavy atom. The maximum absolute atomic E-state index is 12.0. The Morgan fingerprint density at radius 1 is 1.12 bits per heavy atom. The van der Waals surface area contributed by atoms with Crippen LogP contribution < -0.4 is 16.8 Å². The van der Waals surface area contributed by atoms with Crippen molar-refractivity contribution in [3.8, 4) is 11.8 Å². The number of amides is 2. The van der Waals surface area contributed by atoms with Gasteiger partial charge >= 0.3 is 0 Å². The van der Waals surface area contributed by atoms with Crippen molar-refractivity contribution in [3.05, 3.63) is 59.4 Å². The zero-order valence-electron chi connectivity index (χ0n) is 13.6. The lowest BCUT2D eigenvalue weighted by Crippen LogP contribution is -2.50. The van der Waals surface area contributed by atoms with Gasteiger partial charge in [0.25, 0.3) is 5.91 Å². The molecular weight excluding hydrogens is 320 g/mol. The Balaban J connectivity index is 2.08. The standard InChI is InChI=1S/C18H18N4O3/c1-11(23)16(17(20)24)22-18(25)15-9-6-13(10-21-15)3-2-12-4-7-14(19)8-5-12/h4-11,16,23H,19H2,1H3,(H2,20,24)(H,22,25)/t11?,16-/m0/s1. The third kappa shape index (κ3) is 5.06. The first-order valence-corrected chi connectivity index (χ1v) is 7.48. The van der Waals surface area contributed by atoms with Crippen LogP contribution in [0.2, 0.25) is 0 Å². The normalized spacial score (nSPS) is 12.4. The van der Waals surface area contributed by atoms with Gasteiger partial charge in [-0.2, -0.15) is 0 Å². The molecule has 6 N–H and O–H groups in total. The first kappa shape index (κ1) is 18.0. The summed E-state index contributed by atoms with van der Waals surface area (Å²) in [6, 6.07) is 9.05. The summed E-state index contributed by atoms with van der Waals surface area (Å²) in [5.74, 6) is 4.45. The van der Waals surface area contributed by atoms with Crippen molar-refractivity contribution in [1.29, 1.82) is 0 Å². The monoisotopic (exact) mass is 338 g/mol. The Labute approximate surface area is 145 Å². The van der Waals surface area contributed by atoms with Gasteiger partial charge in [-0.15, -0.1) is 0 Å². The first-order valence-electron chi connectivity index (χ1n) is 7.48. The number of nitrogens with two attached hydrogens (primary N) is 2. The Kier molecular flexibility index (Phi) is 5.71. The van der Waals surface area contributed by atoms with Crippen LogP contribution in [0.5, 0.6) is 0 Å². The van der Waals surface area contributed by atoms with Gasteiger partial charge < -0.3 is 21.9 Å². The molecule has 7 nitrogen and oxygen atoms in total. The highest BCUT2D eigenvalue weighted by Crippen LogP contribution is 2.05. The number of hydrogen-bond acceptors (Lipinski definition) is 5. The van der Waals surface area contributed by atoms with E-state index in [0.29, 0.717) is 11.3 Å². The number of benzene rings is 1. The smallest absolute Gasteiger partial charge is 0.270 e. The summed E-state index contributed by atoms with van der Waals surface area (Å²) in [7, 11) is 0. The van der Waals surface area contributed by atoms with E-state index < -0.39 is 24.0 Å². The van der Waals surface area contributed by atoms with Gasteiger partial charge in [0.1, 0.15) is 11.7 Å². The van der Waals surface area contributed by atoms with Crippen molar-refractivity contribution in [1.82, 2.24) is 10.3 Å². The molecule has 0 radical (unpaired) electrons. The van der Waals surface area contributed by atoms with Gasteiger partial charge in [-0.05, 0) is 43.3 Å². The molecule has 0 fully saturated rings. The van der Waals surface area contributed by atoms with Gasteiger partial charge in [-0.1, -0.05) is 11.8 Å². The quantitative estimate of drug-likeness (QED) is 0.461. The molecule has 1 heterocycles. The van der Waals surface area contributed by atoms with Crippen LogP contribution in [0.1, 0.15) is 28.5 Å². The number of aromatic nitrogens is 1. The maximum Gasteiger partial charge on any atom is 0.270 e. The lowest BCUT2D eigenvalue weighted by Gasteiger charge is -2.17. The number of carbonyl (C=O) groups is 2. The molecule has 2 rings (SSSR count). The SMILES string of the molecule is CC(O)[C@H](NC(=O)c1ccc(C#Cc2ccc(N)cc2)cn1)C(N)=O. The first-order chi connectivity index (χ1) is 11.9. The number of anilines is 1. The predicted molar refractivity (Wildman–Crippen MR) is 93.2 cm³/mol. The highest BCUT2D eigenvalue weighted by Gasteiger charge is 2.24. The Morgan fingerprint density at radius 3 is 2.24 bits per heavy atom. The average Bonchev–Trinajstić information content (AvgIpc) is 2.59. The molecule has 1 aromatic carbocycles. The van der Waals surface area contributed by atoms with Crippen molar-refractivity contribution in [2.24, 2.45) is 5.73 Å². The van der Waals surface area contributed by atoms with Gasteiger partial charge in [-0.3, -0.25) is 9.59 Å². The summed E-state index contributed by atoms with van der Waals surface area (Å²) < 4.78 is 0. The zero-order chi connectivity index (χ0) is 18.4. The molecule has 7 heteroatoms. The van der Waals surface area contributed by atoms with Crippen molar-refractivity contribution in [2.75, 3.05) is 5.73 Å². The van der Waals surface area contributed by atoms with E-state index in [9.17, 15) is 14.7 Å². The minimum atomic E-state index is -1.18. The fourth-order valence-corrected chi connectivity index (χ4v) is 1.96. The van der Waals surface area contributed by atoms with Crippen LogP contribution in [0, 0.1) is 11.8 Å². The third-order valence-electron chi connectivity index (χ3n) is 3.33. The highest BCUT2D eigenvalue weighted by atomic mass is 16.3. The van der Waals surface area contributed by atoms with Crippen LogP contribution >= 0.6 is 0 Å². The van der Waals surface area contributed by atoms with Crippen LogP contribution in [0.25, 0.3) is 0 Å². The fourth-order valence-electron chi connectivity index (χ4n) is 1.96. The minimum Gasteiger partial charge on any atom is -0.399 e. The number of rotatable bonds is 4. The van der Waals surface area contributed by atoms with Crippen molar-refractivity contribution < 1.29 is 14.7 Å². The summed E-state index contributed by atoms with van der Waals surface area (Å²) in [6.07, 6.45) is 0.340. The van der Waals surface area contributed by atoms with E-state index in [1.54, 1.807) is 30.3 Å². The number of hydrogen-bond donors (Lipinski definition) is 4. The molecule has 0 bridgehead atoms. The molecule has 0 spiro atoms. The van der Waals surface area contributed by atoms with Gasteiger partial charge in [-0.25, -0.2) is 4.98 Å². The molecular formula is C18H18N4O3. The van der Waals surface area contributed by atoms with Crippen LogP contribution in [0.3, 0.4) is 0 Å². The molecule has 2 atom stereocenters. The summed E-state index contributed by atoms with van der Waals surface area (Å²) >= 11 is 0. The summed E-state index contributed by atoms with van der Waals surface area (Å²) in [6.45, 7) is 1.36. The maximum atomic E-state index is 12.0. The van der Waals surface area contributed by atoms with Gasteiger partial charge in [0.15, 0.2) is 0 Å². The second-order valence-electron chi connectivity index (χ2n) is 5.40. The molecule has 128 valence electrons. The van der Waals surface area contributed by atoms with E-state index in [2.05, 4.69) is 22.1 Å². The predicted octanol–water partition coefficient (Wildman–Crippen LogP) is 0.0281. The zero-order valence-corrected chi connectivity index (χ0v) is 13.6. The Bertz CT molecular complexity index is 818. The van der Waals surface area contributed by atoms with E-state index in [1.807, 2.05) is 0 Å². The molecule has 0 aliphatic heterocycles. The molecule has 0 saturated carbocycles. The molecule has 0 aliphatic rings. The van der Waals surface area contributed by atoms with E-state index in [0.717, 1.165) is 5.56 Å². The molecule has 1 aromatic heterocycles. The average molecular weight is 338 g/mol. The van der Waals surface area contributed by atoms with Gasteiger partial charge in [0.2, 0.25) is 5.91 Å². The number of nitrogens with one attached hydrogen (secondary N) is 1. The second-order valence-corrected chi connectivity index (χ2v) is 5.40. The molecule has 25 heavy (non-hydrogen) atoms. The number of carbonyl (C=O) groups excluding carboxylic acids is 2. The van der Waals surface area contributed by atoms with Crippen molar-refractivity contribution >= 4 is 17.5 Å². The highest BCUT2D eigenvalue weighted by molar-refractivity contribution is 5.96. The van der Waals surface area contributed by atoms with E-state index in [-0.39, 0.29) is 5.69 Å². The van der Waals surface area contributed by atoms with E-state index in [1.165, 1.54) is 19.2 Å². The third-order valence-corrected chi connectivity index (χ3v) is 3.33. The van der Waals surface area contributed by atoms with Crippen LogP contribution in [-0.4, -0.2) is 34.1 Å². The topological polar surface area (TPSA) is 131 Å². The van der Waals surface area contributed by atoms with Crippen molar-refractivity contribution in [2.45, 2.75) is 19.1 Å². The lowest BCUT2D eigenvalue weighted by molar-refractivity contribution is -0.122. The molecule has 0 aliphatic carbocycles. The summed E-state index contributed by atoms with van der Waals surface area (Å²) in [4.78, 5) is 27.3. The molecule has 1 unspecified atom stereocenters. The minimum absolute atomic E-state index is 0.0879. The number of nitrogens with zero attached hydrogens (tertiary/aromatic N) is 1. The lowest BCUT2D eigenvalue weighted by atomic mass is 10.1. The number of nitrogen functional groups attached to an aromatic ring is 1.